The van der Waals surface area contributed by atoms with E-state index < -0.39 is 11.9 Å². The highest BCUT2D eigenvalue weighted by molar-refractivity contribution is 7.80. The summed E-state index contributed by atoms with van der Waals surface area (Å²) in [4.78, 5) is 9.80. The number of rotatable bonds is 4. The van der Waals surface area contributed by atoms with Crippen LogP contribution in [0.15, 0.2) is 54.6 Å². The number of alkyl halides is 3. The molecule has 0 fully saturated rings. The molecule has 2 heterocycles. The first-order chi connectivity index (χ1) is 15.3. The monoisotopic (exact) mass is 457 g/mol. The van der Waals surface area contributed by atoms with Crippen molar-refractivity contribution in [2.45, 2.75) is 32.6 Å². The van der Waals surface area contributed by atoms with Gasteiger partial charge in [0.2, 0.25) is 5.95 Å². The molecule has 2 N–H and O–H groups in total. The van der Waals surface area contributed by atoms with Crippen LogP contribution in [0.1, 0.15) is 27.9 Å². The van der Waals surface area contributed by atoms with E-state index in [-0.39, 0.29) is 16.9 Å². The van der Waals surface area contributed by atoms with Gasteiger partial charge in [-0.15, -0.1) is 0 Å². The molecule has 32 heavy (non-hydrogen) atoms. The van der Waals surface area contributed by atoms with Crippen molar-refractivity contribution >= 4 is 29.1 Å². The normalized spacial score (nSPS) is 13.4. The fraction of sp³-hybridized carbons (Fsp3) is 0.261. The molecule has 0 aliphatic carbocycles. The minimum atomic E-state index is -4.60. The van der Waals surface area contributed by atoms with Crippen LogP contribution in [-0.2, 0) is 25.7 Å². The highest BCUT2D eigenvalue weighted by atomic mass is 32.1. The lowest BCUT2D eigenvalue weighted by Crippen LogP contribution is -2.33. The first-order valence-electron chi connectivity index (χ1n) is 10.2. The number of fused-ring (bicyclic) bond motifs is 1. The van der Waals surface area contributed by atoms with Gasteiger partial charge in [-0.25, -0.2) is 4.98 Å². The number of hydrogen-bond acceptors (Lipinski definition) is 4. The van der Waals surface area contributed by atoms with Gasteiger partial charge in [-0.05, 0) is 42.3 Å². The van der Waals surface area contributed by atoms with E-state index in [4.69, 9.17) is 12.2 Å². The molecule has 5 nitrogen and oxygen atoms in total. The molecule has 0 saturated carbocycles. The zero-order valence-corrected chi connectivity index (χ0v) is 18.2. The summed E-state index contributed by atoms with van der Waals surface area (Å²) < 4.78 is 40.5. The van der Waals surface area contributed by atoms with Crippen molar-refractivity contribution in [1.82, 2.24) is 15.3 Å². The van der Waals surface area contributed by atoms with Crippen molar-refractivity contribution in [3.05, 3.63) is 82.5 Å². The highest BCUT2D eigenvalue weighted by Crippen LogP contribution is 2.32. The molecular weight excluding hydrogens is 435 g/mol. The van der Waals surface area contributed by atoms with Crippen LogP contribution >= 0.6 is 12.2 Å². The Kier molecular flexibility index (Phi) is 6.27. The number of thiocarbonyl (C=S) groups is 1. The van der Waals surface area contributed by atoms with E-state index in [1.807, 2.05) is 60.4 Å². The van der Waals surface area contributed by atoms with E-state index in [0.29, 0.717) is 19.6 Å². The third kappa shape index (κ3) is 5.34. The maximum absolute atomic E-state index is 13.5. The summed E-state index contributed by atoms with van der Waals surface area (Å²) in [6.07, 6.45) is -3.86. The zero-order chi connectivity index (χ0) is 22.7. The number of benzene rings is 2. The Balaban J connectivity index is 1.51. The number of anilines is 2. The maximum atomic E-state index is 13.5. The van der Waals surface area contributed by atoms with E-state index in [2.05, 4.69) is 20.6 Å². The first kappa shape index (κ1) is 22.0. The van der Waals surface area contributed by atoms with Gasteiger partial charge in [-0.2, -0.15) is 18.2 Å². The lowest BCUT2D eigenvalue weighted by Gasteiger charge is -2.30. The molecule has 0 radical (unpaired) electrons. The second-order valence-corrected chi connectivity index (χ2v) is 8.07. The smallest absolute Gasteiger partial charge is 0.358 e. The van der Waals surface area contributed by atoms with Crippen LogP contribution in [-0.4, -0.2) is 21.6 Å². The third-order valence-corrected chi connectivity index (χ3v) is 5.50. The van der Waals surface area contributed by atoms with Crippen LogP contribution in [0.3, 0.4) is 0 Å². The van der Waals surface area contributed by atoms with Crippen LogP contribution in [0.25, 0.3) is 0 Å². The SMILES string of the molecule is Cc1ccc(CNC(=S)Nc2nc(N3CCc4ccccc4C3)cc(C(F)(F)F)n2)cc1. The van der Waals surface area contributed by atoms with Crippen LogP contribution < -0.4 is 15.5 Å². The predicted octanol–water partition coefficient (Wildman–Crippen LogP) is 4.85. The number of nitrogens with zero attached hydrogens (tertiary/aromatic N) is 3. The molecule has 3 aromatic rings. The number of aromatic nitrogens is 2. The molecule has 166 valence electrons. The summed E-state index contributed by atoms with van der Waals surface area (Å²) in [6, 6.07) is 16.8. The summed E-state index contributed by atoms with van der Waals surface area (Å²) in [6.45, 7) is 3.48. The lowest BCUT2D eigenvalue weighted by atomic mass is 10.00. The molecule has 0 unspecified atom stereocenters. The van der Waals surface area contributed by atoms with Crippen molar-refractivity contribution in [3.63, 3.8) is 0 Å². The minimum Gasteiger partial charge on any atom is -0.358 e. The standard InChI is InChI=1S/C23H22F3N5S/c1-15-6-8-16(9-7-15)13-27-22(32)30-21-28-19(23(24,25)26)12-20(29-21)31-11-10-17-4-2-3-5-18(17)14-31/h2-9,12H,10-11,13-14H2,1H3,(H2,27,28,29,30,32). The Labute approximate surface area is 189 Å². The summed E-state index contributed by atoms with van der Waals surface area (Å²) in [7, 11) is 0. The van der Waals surface area contributed by atoms with Crippen molar-refractivity contribution in [3.8, 4) is 0 Å². The second-order valence-electron chi connectivity index (χ2n) is 7.67. The van der Waals surface area contributed by atoms with E-state index in [0.717, 1.165) is 29.2 Å². The number of nitrogens with one attached hydrogen (secondary N) is 2. The minimum absolute atomic E-state index is 0.153. The Bertz CT molecular complexity index is 1120. The summed E-state index contributed by atoms with van der Waals surface area (Å²) in [5, 5.41) is 5.84. The van der Waals surface area contributed by atoms with Gasteiger partial charge in [-0.3, -0.25) is 0 Å². The molecule has 1 aliphatic heterocycles. The highest BCUT2D eigenvalue weighted by Gasteiger charge is 2.34. The molecule has 0 amide bonds. The summed E-state index contributed by atoms with van der Waals surface area (Å²) >= 11 is 5.25. The number of aryl methyl sites for hydroxylation is 1. The Morgan fingerprint density at radius 1 is 1.06 bits per heavy atom. The van der Waals surface area contributed by atoms with Crippen LogP contribution in [0.5, 0.6) is 0 Å². The molecule has 0 spiro atoms. The first-order valence-corrected chi connectivity index (χ1v) is 10.6. The van der Waals surface area contributed by atoms with Gasteiger partial charge in [0.1, 0.15) is 5.82 Å². The van der Waals surface area contributed by atoms with Gasteiger partial charge in [0.05, 0.1) is 0 Å². The van der Waals surface area contributed by atoms with E-state index >= 15 is 0 Å². The van der Waals surface area contributed by atoms with Gasteiger partial charge in [0.15, 0.2) is 10.8 Å². The average molecular weight is 458 g/mol. The molecule has 0 atom stereocenters. The van der Waals surface area contributed by atoms with Crippen molar-refractivity contribution in [2.75, 3.05) is 16.8 Å². The predicted molar refractivity (Wildman–Crippen MR) is 122 cm³/mol. The van der Waals surface area contributed by atoms with Crippen molar-refractivity contribution in [1.29, 1.82) is 0 Å². The lowest BCUT2D eigenvalue weighted by molar-refractivity contribution is -0.141. The summed E-state index contributed by atoms with van der Waals surface area (Å²) in [5.74, 6) is 0.0285. The van der Waals surface area contributed by atoms with E-state index in [1.54, 1.807) is 0 Å². The van der Waals surface area contributed by atoms with Crippen LogP contribution in [0.2, 0.25) is 0 Å². The molecule has 9 heteroatoms. The molecule has 0 bridgehead atoms. The van der Waals surface area contributed by atoms with Crippen molar-refractivity contribution in [2.24, 2.45) is 0 Å². The van der Waals surface area contributed by atoms with Gasteiger partial charge in [-0.1, -0.05) is 54.1 Å². The molecule has 1 aromatic heterocycles. The van der Waals surface area contributed by atoms with E-state index in [1.165, 1.54) is 5.56 Å². The second kappa shape index (κ2) is 9.12. The maximum Gasteiger partial charge on any atom is 0.433 e. The molecular formula is C23H22F3N5S. The van der Waals surface area contributed by atoms with E-state index in [9.17, 15) is 13.2 Å². The molecule has 0 saturated heterocycles. The van der Waals surface area contributed by atoms with Gasteiger partial charge in [0.25, 0.3) is 0 Å². The quantitative estimate of drug-likeness (QED) is 0.546. The van der Waals surface area contributed by atoms with Gasteiger partial charge in [0, 0.05) is 25.7 Å². The Morgan fingerprint density at radius 3 is 2.50 bits per heavy atom. The topological polar surface area (TPSA) is 53.1 Å². The zero-order valence-electron chi connectivity index (χ0n) is 17.4. The number of halogens is 3. The third-order valence-electron chi connectivity index (χ3n) is 5.26. The largest absolute Gasteiger partial charge is 0.433 e. The average Bonchev–Trinajstić information content (AvgIpc) is 2.77. The summed E-state index contributed by atoms with van der Waals surface area (Å²) in [5.41, 5.74) is 3.41. The Hall–Kier alpha value is -3.20. The van der Waals surface area contributed by atoms with Crippen LogP contribution in [0, 0.1) is 6.92 Å². The van der Waals surface area contributed by atoms with Gasteiger partial charge >= 0.3 is 6.18 Å². The fourth-order valence-corrected chi connectivity index (χ4v) is 3.69. The molecule has 2 aromatic carbocycles. The van der Waals surface area contributed by atoms with Gasteiger partial charge < -0.3 is 15.5 Å². The number of hydrogen-bond donors (Lipinski definition) is 2. The van der Waals surface area contributed by atoms with Crippen LogP contribution in [0.4, 0.5) is 24.9 Å². The fourth-order valence-electron chi connectivity index (χ4n) is 3.52. The molecule has 4 rings (SSSR count). The Morgan fingerprint density at radius 2 is 1.78 bits per heavy atom. The molecule has 1 aliphatic rings. The van der Waals surface area contributed by atoms with Crippen molar-refractivity contribution < 1.29 is 13.2 Å².